The molecule has 118 valence electrons. The Labute approximate surface area is 125 Å². The van der Waals surface area contributed by atoms with Crippen molar-refractivity contribution in [1.82, 2.24) is 9.80 Å². The van der Waals surface area contributed by atoms with Gasteiger partial charge >= 0.3 is 5.97 Å². The number of hydrogen-bond donors (Lipinski definition) is 1. The van der Waals surface area contributed by atoms with Crippen LogP contribution in [0.4, 0.5) is 0 Å². The van der Waals surface area contributed by atoms with Crippen LogP contribution in [0, 0.1) is 11.3 Å². The average molecular weight is 296 g/mol. The van der Waals surface area contributed by atoms with Crippen molar-refractivity contribution in [2.24, 2.45) is 11.3 Å². The van der Waals surface area contributed by atoms with Crippen molar-refractivity contribution in [3.63, 3.8) is 0 Å². The molecule has 2 unspecified atom stereocenters. The molecule has 2 heterocycles. The molecule has 2 saturated heterocycles. The van der Waals surface area contributed by atoms with Crippen molar-refractivity contribution in [2.45, 2.75) is 46.1 Å². The molecule has 1 N–H and O–H groups in total. The van der Waals surface area contributed by atoms with Gasteiger partial charge in [-0.2, -0.15) is 0 Å². The first-order valence-electron chi connectivity index (χ1n) is 7.56. The fraction of sp³-hybridized carbons (Fsp3) is 0.800. The zero-order valence-corrected chi connectivity index (χ0v) is 13.0. The fourth-order valence-corrected chi connectivity index (χ4v) is 3.26. The molecule has 21 heavy (non-hydrogen) atoms. The van der Waals surface area contributed by atoms with Crippen molar-refractivity contribution in [1.29, 1.82) is 0 Å². The first-order valence-corrected chi connectivity index (χ1v) is 7.56. The second-order valence-electron chi connectivity index (χ2n) is 6.77. The lowest BCUT2D eigenvalue weighted by atomic mass is 9.81. The van der Waals surface area contributed by atoms with Crippen LogP contribution in [0.5, 0.6) is 0 Å². The zero-order valence-electron chi connectivity index (χ0n) is 13.0. The topological polar surface area (TPSA) is 77.9 Å². The molecule has 0 aliphatic carbocycles. The fourth-order valence-electron chi connectivity index (χ4n) is 3.26. The van der Waals surface area contributed by atoms with E-state index >= 15 is 0 Å². The van der Waals surface area contributed by atoms with Gasteiger partial charge in [0, 0.05) is 32.1 Å². The Hall–Kier alpha value is -1.59. The van der Waals surface area contributed by atoms with E-state index in [0.717, 1.165) is 0 Å². The van der Waals surface area contributed by atoms with Gasteiger partial charge in [-0.3, -0.25) is 14.4 Å². The second-order valence-corrected chi connectivity index (χ2v) is 6.77. The van der Waals surface area contributed by atoms with Crippen molar-refractivity contribution in [2.75, 3.05) is 19.6 Å². The van der Waals surface area contributed by atoms with E-state index in [-0.39, 0.29) is 36.7 Å². The highest BCUT2D eigenvalue weighted by Crippen LogP contribution is 2.32. The number of carboxylic acid groups (broad SMARTS) is 1. The van der Waals surface area contributed by atoms with E-state index in [1.54, 1.807) is 16.7 Å². The summed E-state index contributed by atoms with van der Waals surface area (Å²) in [6.45, 7) is 6.85. The number of carboxylic acids is 1. The van der Waals surface area contributed by atoms with E-state index in [1.807, 2.05) is 13.8 Å². The van der Waals surface area contributed by atoms with Crippen LogP contribution in [0.2, 0.25) is 0 Å². The summed E-state index contributed by atoms with van der Waals surface area (Å²) in [5.74, 6) is -1.23. The molecule has 0 spiro atoms. The molecule has 6 nitrogen and oxygen atoms in total. The number of carbonyl (C=O) groups excluding carboxylic acids is 2. The van der Waals surface area contributed by atoms with Gasteiger partial charge in [0.05, 0.1) is 11.3 Å². The second kappa shape index (κ2) is 5.66. The zero-order chi connectivity index (χ0) is 15.8. The molecule has 2 aliphatic heterocycles. The van der Waals surface area contributed by atoms with Crippen molar-refractivity contribution >= 4 is 17.8 Å². The van der Waals surface area contributed by atoms with E-state index in [0.29, 0.717) is 25.9 Å². The Morgan fingerprint density at radius 2 is 2.05 bits per heavy atom. The molecule has 2 amide bonds. The van der Waals surface area contributed by atoms with Gasteiger partial charge < -0.3 is 14.9 Å². The number of carbonyl (C=O) groups is 3. The van der Waals surface area contributed by atoms with Gasteiger partial charge in [-0.05, 0) is 33.6 Å². The number of piperidine rings is 1. The summed E-state index contributed by atoms with van der Waals surface area (Å²) < 4.78 is 0. The summed E-state index contributed by atoms with van der Waals surface area (Å²) in [5.41, 5.74) is -0.867. The lowest BCUT2D eigenvalue weighted by Crippen LogP contribution is -2.50. The summed E-state index contributed by atoms with van der Waals surface area (Å²) in [6, 6.07) is 0.0981. The van der Waals surface area contributed by atoms with Gasteiger partial charge in [0.1, 0.15) is 0 Å². The number of nitrogens with zero attached hydrogens (tertiary/aromatic N) is 2. The Balaban J connectivity index is 2.04. The van der Waals surface area contributed by atoms with E-state index in [9.17, 15) is 19.5 Å². The predicted octanol–water partition coefficient (Wildman–Crippen LogP) is 0.957. The minimum Gasteiger partial charge on any atom is -0.481 e. The summed E-state index contributed by atoms with van der Waals surface area (Å²) >= 11 is 0. The maximum absolute atomic E-state index is 12.6. The molecule has 0 bridgehead atoms. The molecular weight excluding hydrogens is 272 g/mol. The quantitative estimate of drug-likeness (QED) is 0.841. The maximum Gasteiger partial charge on any atom is 0.311 e. The third kappa shape index (κ3) is 3.04. The van der Waals surface area contributed by atoms with Crippen LogP contribution < -0.4 is 0 Å². The minimum atomic E-state index is -0.867. The van der Waals surface area contributed by atoms with Crippen LogP contribution >= 0.6 is 0 Å². The predicted molar refractivity (Wildman–Crippen MR) is 76.5 cm³/mol. The molecule has 2 fully saturated rings. The summed E-state index contributed by atoms with van der Waals surface area (Å²) in [7, 11) is 0. The lowest BCUT2D eigenvalue weighted by molar-refractivity contribution is -0.154. The number of likely N-dealkylation sites (tertiary alicyclic amines) is 2. The van der Waals surface area contributed by atoms with Crippen LogP contribution in [0.1, 0.15) is 40.0 Å². The minimum absolute atomic E-state index is 0.0151. The highest BCUT2D eigenvalue weighted by molar-refractivity contribution is 5.90. The number of amides is 2. The van der Waals surface area contributed by atoms with Gasteiger partial charge in [0.15, 0.2) is 0 Å². The highest BCUT2D eigenvalue weighted by atomic mass is 16.4. The molecule has 2 aliphatic rings. The lowest BCUT2D eigenvalue weighted by Gasteiger charge is -2.38. The van der Waals surface area contributed by atoms with Crippen molar-refractivity contribution in [3.8, 4) is 0 Å². The average Bonchev–Trinajstić information content (AvgIpc) is 2.80. The maximum atomic E-state index is 12.6. The third-order valence-electron chi connectivity index (χ3n) is 4.66. The van der Waals surface area contributed by atoms with Crippen LogP contribution in [-0.4, -0.2) is 58.4 Å². The Morgan fingerprint density at radius 3 is 2.57 bits per heavy atom. The highest BCUT2D eigenvalue weighted by Gasteiger charge is 2.43. The molecule has 0 aromatic rings. The molecule has 0 aromatic carbocycles. The molecule has 2 atom stereocenters. The third-order valence-corrected chi connectivity index (χ3v) is 4.66. The van der Waals surface area contributed by atoms with Gasteiger partial charge in [0.2, 0.25) is 11.8 Å². The van der Waals surface area contributed by atoms with Gasteiger partial charge in [-0.25, -0.2) is 0 Å². The van der Waals surface area contributed by atoms with Gasteiger partial charge in [0.25, 0.3) is 0 Å². The van der Waals surface area contributed by atoms with E-state index in [1.165, 1.54) is 0 Å². The van der Waals surface area contributed by atoms with Crippen molar-refractivity contribution in [3.05, 3.63) is 0 Å². The van der Waals surface area contributed by atoms with E-state index < -0.39 is 11.4 Å². The first-order chi connectivity index (χ1) is 9.74. The monoisotopic (exact) mass is 296 g/mol. The van der Waals surface area contributed by atoms with E-state index in [2.05, 4.69) is 0 Å². The Morgan fingerprint density at radius 1 is 1.38 bits per heavy atom. The largest absolute Gasteiger partial charge is 0.481 e. The van der Waals surface area contributed by atoms with Crippen LogP contribution in [0.15, 0.2) is 0 Å². The Kier molecular flexibility index (Phi) is 4.25. The summed E-state index contributed by atoms with van der Waals surface area (Å²) in [5, 5.41) is 9.32. The number of aliphatic carboxylic acids is 1. The SMILES string of the molecule is CC(C)N1CC(C(=O)N2CCCC(C)(C(=O)O)C2)CC1=O. The van der Waals surface area contributed by atoms with Crippen LogP contribution in [0.25, 0.3) is 0 Å². The molecule has 0 aromatic heterocycles. The normalized spacial score (nSPS) is 30.1. The number of hydrogen-bond acceptors (Lipinski definition) is 3. The van der Waals surface area contributed by atoms with Crippen molar-refractivity contribution < 1.29 is 19.5 Å². The molecule has 0 saturated carbocycles. The smallest absolute Gasteiger partial charge is 0.311 e. The standard InChI is InChI=1S/C15H24N2O4/c1-10(2)17-8-11(7-12(17)18)13(19)16-6-4-5-15(3,9-16)14(20)21/h10-11H,4-9H2,1-3H3,(H,20,21). The van der Waals surface area contributed by atoms with Crippen LogP contribution in [-0.2, 0) is 14.4 Å². The molecule has 2 rings (SSSR count). The van der Waals surface area contributed by atoms with Gasteiger partial charge in [-0.1, -0.05) is 0 Å². The number of rotatable bonds is 3. The molecular formula is C15H24N2O4. The summed E-state index contributed by atoms with van der Waals surface area (Å²) in [4.78, 5) is 39.2. The van der Waals surface area contributed by atoms with E-state index in [4.69, 9.17) is 0 Å². The van der Waals surface area contributed by atoms with Gasteiger partial charge in [-0.15, -0.1) is 0 Å². The first kappa shape index (κ1) is 15.8. The molecule has 0 radical (unpaired) electrons. The Bertz CT molecular complexity index is 463. The molecule has 6 heteroatoms. The van der Waals surface area contributed by atoms with Crippen LogP contribution in [0.3, 0.4) is 0 Å². The summed E-state index contributed by atoms with van der Waals surface area (Å²) in [6.07, 6.45) is 1.54.